The average molecular weight is 360 g/mol. The Kier molecular flexibility index (Phi) is 5.37. The van der Waals surface area contributed by atoms with Crippen molar-refractivity contribution in [2.24, 2.45) is 11.7 Å². The Hall–Kier alpha value is -2.35. The molecule has 2 heterocycles. The van der Waals surface area contributed by atoms with E-state index in [1.165, 1.54) is 11.8 Å². The van der Waals surface area contributed by atoms with Gasteiger partial charge in [0.05, 0.1) is 11.7 Å². The zero-order valence-electron chi connectivity index (χ0n) is 14.0. The Bertz CT molecular complexity index is 777. The number of aromatic nitrogens is 2. The Morgan fingerprint density at radius 2 is 2.24 bits per heavy atom. The van der Waals surface area contributed by atoms with Crippen LogP contribution in [0.15, 0.2) is 33.9 Å². The summed E-state index contributed by atoms with van der Waals surface area (Å²) in [6.45, 7) is 3.04. The summed E-state index contributed by atoms with van der Waals surface area (Å²) in [6.07, 6.45) is 1.54. The van der Waals surface area contributed by atoms with Gasteiger partial charge in [0.2, 0.25) is 17.7 Å². The highest BCUT2D eigenvalue weighted by Crippen LogP contribution is 2.24. The predicted octanol–water partition coefficient (Wildman–Crippen LogP) is 1.86. The third kappa shape index (κ3) is 4.39. The zero-order valence-corrected chi connectivity index (χ0v) is 14.8. The first-order chi connectivity index (χ1) is 12.0. The lowest BCUT2D eigenvalue weighted by Crippen LogP contribution is -2.44. The van der Waals surface area contributed by atoms with Gasteiger partial charge in [-0.1, -0.05) is 29.5 Å². The van der Waals surface area contributed by atoms with Crippen LogP contribution in [0.25, 0.3) is 11.5 Å². The maximum atomic E-state index is 12.3. The van der Waals surface area contributed by atoms with Crippen molar-refractivity contribution in [3.8, 4) is 11.5 Å². The van der Waals surface area contributed by atoms with E-state index in [0.717, 1.165) is 24.0 Å². The van der Waals surface area contributed by atoms with Gasteiger partial charge in [0.15, 0.2) is 0 Å². The van der Waals surface area contributed by atoms with Crippen LogP contribution in [-0.4, -0.2) is 45.8 Å². The quantitative estimate of drug-likeness (QED) is 0.817. The van der Waals surface area contributed by atoms with Crippen LogP contribution in [0.1, 0.15) is 18.4 Å². The Morgan fingerprint density at radius 3 is 3.00 bits per heavy atom. The number of likely N-dealkylation sites (tertiary alicyclic amines) is 1. The second kappa shape index (κ2) is 7.69. The number of aryl methyl sites for hydroxylation is 1. The summed E-state index contributed by atoms with van der Waals surface area (Å²) in [4.78, 5) is 25.3. The van der Waals surface area contributed by atoms with Crippen molar-refractivity contribution in [1.29, 1.82) is 0 Å². The summed E-state index contributed by atoms with van der Waals surface area (Å²) in [5, 5.41) is 8.37. The maximum Gasteiger partial charge on any atom is 0.277 e. The van der Waals surface area contributed by atoms with Gasteiger partial charge in [0.25, 0.3) is 5.22 Å². The molecule has 8 heteroatoms. The summed E-state index contributed by atoms with van der Waals surface area (Å²) in [5.41, 5.74) is 7.31. The molecule has 2 aromatic rings. The van der Waals surface area contributed by atoms with Crippen molar-refractivity contribution in [3.05, 3.63) is 29.8 Å². The number of hydrogen-bond acceptors (Lipinski definition) is 6. The van der Waals surface area contributed by atoms with E-state index in [2.05, 4.69) is 10.2 Å². The number of nitrogens with zero attached hydrogens (tertiary/aromatic N) is 3. The van der Waals surface area contributed by atoms with E-state index in [1.54, 1.807) is 4.90 Å². The highest BCUT2D eigenvalue weighted by molar-refractivity contribution is 7.99. The number of benzene rings is 1. The number of carbonyl (C=O) groups excluding carboxylic acids is 2. The second-order valence-corrected chi connectivity index (χ2v) is 7.04. The third-order valence-corrected chi connectivity index (χ3v) is 4.97. The average Bonchev–Trinajstić information content (AvgIpc) is 3.09. The number of amides is 2. The monoisotopic (exact) mass is 360 g/mol. The molecule has 1 aromatic heterocycles. The molecule has 3 rings (SSSR count). The number of carbonyl (C=O) groups is 2. The summed E-state index contributed by atoms with van der Waals surface area (Å²) in [6, 6.07) is 7.78. The lowest BCUT2D eigenvalue weighted by Gasteiger charge is -2.31. The lowest BCUT2D eigenvalue weighted by atomic mass is 9.97. The summed E-state index contributed by atoms with van der Waals surface area (Å²) in [7, 11) is 0. The molecule has 0 aliphatic carbocycles. The fourth-order valence-corrected chi connectivity index (χ4v) is 3.48. The number of hydrogen-bond donors (Lipinski definition) is 1. The molecule has 25 heavy (non-hydrogen) atoms. The van der Waals surface area contributed by atoms with Crippen molar-refractivity contribution >= 4 is 23.6 Å². The van der Waals surface area contributed by atoms with Crippen molar-refractivity contribution in [3.63, 3.8) is 0 Å². The second-order valence-electron chi connectivity index (χ2n) is 6.11. The number of primary amides is 1. The van der Waals surface area contributed by atoms with Crippen LogP contribution in [0.4, 0.5) is 0 Å². The molecule has 0 radical (unpaired) electrons. The van der Waals surface area contributed by atoms with Crippen LogP contribution in [0, 0.1) is 12.8 Å². The van der Waals surface area contributed by atoms with Crippen molar-refractivity contribution in [2.75, 3.05) is 18.8 Å². The molecule has 1 aliphatic rings. The van der Waals surface area contributed by atoms with Gasteiger partial charge in [-0.3, -0.25) is 9.59 Å². The topological polar surface area (TPSA) is 102 Å². The molecule has 1 fully saturated rings. The molecule has 7 nitrogen and oxygen atoms in total. The number of rotatable bonds is 5. The van der Waals surface area contributed by atoms with E-state index in [4.69, 9.17) is 10.2 Å². The molecule has 132 valence electrons. The van der Waals surface area contributed by atoms with Crippen LogP contribution in [0.2, 0.25) is 0 Å². The van der Waals surface area contributed by atoms with Crippen molar-refractivity contribution in [2.45, 2.75) is 25.0 Å². The minimum Gasteiger partial charge on any atom is -0.411 e. The Morgan fingerprint density at radius 1 is 1.40 bits per heavy atom. The van der Waals surface area contributed by atoms with Crippen LogP contribution in [0.5, 0.6) is 0 Å². The molecular formula is C17H20N4O3S. The van der Waals surface area contributed by atoms with Crippen molar-refractivity contribution in [1.82, 2.24) is 15.1 Å². The van der Waals surface area contributed by atoms with E-state index in [1.807, 2.05) is 31.2 Å². The minimum atomic E-state index is -0.343. The van der Waals surface area contributed by atoms with Gasteiger partial charge in [0, 0.05) is 18.7 Å². The number of nitrogens with two attached hydrogens (primary N) is 1. The zero-order chi connectivity index (χ0) is 17.8. The molecule has 0 spiro atoms. The van der Waals surface area contributed by atoms with Crippen LogP contribution in [0.3, 0.4) is 0 Å². The molecule has 0 saturated carbocycles. The molecule has 0 unspecified atom stereocenters. The number of thioether (sulfide) groups is 1. The Labute approximate surface area is 150 Å². The molecule has 1 aliphatic heterocycles. The predicted molar refractivity (Wildman–Crippen MR) is 93.7 cm³/mol. The van der Waals surface area contributed by atoms with Crippen LogP contribution < -0.4 is 5.73 Å². The Balaban J connectivity index is 1.57. The van der Waals surface area contributed by atoms with Gasteiger partial charge in [-0.05, 0) is 31.9 Å². The highest BCUT2D eigenvalue weighted by atomic mass is 32.2. The minimum absolute atomic E-state index is 0.0498. The van der Waals surface area contributed by atoms with E-state index >= 15 is 0 Å². The van der Waals surface area contributed by atoms with Gasteiger partial charge < -0.3 is 15.1 Å². The van der Waals surface area contributed by atoms with Gasteiger partial charge in [0.1, 0.15) is 0 Å². The smallest absolute Gasteiger partial charge is 0.277 e. The standard InChI is InChI=1S/C17H20N4O3S/c1-11-4-2-5-12(8-11)16-19-20-17(24-16)25-10-14(22)21-7-3-6-13(9-21)15(18)23/h2,4-5,8,13H,3,6-7,9-10H2,1H3,(H2,18,23)/t13-/m1/s1. The molecule has 2 N–H and O–H groups in total. The van der Waals surface area contributed by atoms with E-state index in [0.29, 0.717) is 24.2 Å². The first-order valence-electron chi connectivity index (χ1n) is 8.13. The van der Waals surface area contributed by atoms with Gasteiger partial charge in [-0.15, -0.1) is 10.2 Å². The lowest BCUT2D eigenvalue weighted by molar-refractivity contribution is -0.132. The van der Waals surface area contributed by atoms with Crippen LogP contribution in [-0.2, 0) is 9.59 Å². The molecule has 1 saturated heterocycles. The first kappa shape index (κ1) is 17.5. The van der Waals surface area contributed by atoms with Gasteiger partial charge in [-0.25, -0.2) is 0 Å². The van der Waals surface area contributed by atoms with Crippen molar-refractivity contribution < 1.29 is 14.0 Å². The summed E-state index contributed by atoms with van der Waals surface area (Å²) >= 11 is 1.20. The molecule has 1 aromatic carbocycles. The first-order valence-corrected chi connectivity index (χ1v) is 9.12. The maximum absolute atomic E-state index is 12.3. The van der Waals surface area contributed by atoms with Gasteiger partial charge >= 0.3 is 0 Å². The summed E-state index contributed by atoms with van der Waals surface area (Å²) in [5.74, 6) is -0.0125. The highest BCUT2D eigenvalue weighted by Gasteiger charge is 2.27. The van der Waals surface area contributed by atoms with E-state index in [9.17, 15) is 9.59 Å². The fourth-order valence-electron chi connectivity index (χ4n) is 2.81. The molecule has 1 atom stereocenters. The fraction of sp³-hybridized carbons (Fsp3) is 0.412. The number of piperidine rings is 1. The van der Waals surface area contributed by atoms with E-state index < -0.39 is 0 Å². The molecule has 0 bridgehead atoms. The molecule has 2 amide bonds. The SMILES string of the molecule is Cc1cccc(-c2nnc(SCC(=O)N3CCC[C@@H](C(N)=O)C3)o2)c1. The largest absolute Gasteiger partial charge is 0.411 e. The summed E-state index contributed by atoms with van der Waals surface area (Å²) < 4.78 is 5.62. The third-order valence-electron chi connectivity index (χ3n) is 4.17. The van der Waals surface area contributed by atoms with Crippen LogP contribution >= 0.6 is 11.8 Å². The van der Waals surface area contributed by atoms with E-state index in [-0.39, 0.29) is 23.5 Å². The molecular weight excluding hydrogens is 340 g/mol. The normalized spacial score (nSPS) is 17.5. The van der Waals surface area contributed by atoms with Gasteiger partial charge in [-0.2, -0.15) is 0 Å².